The summed E-state index contributed by atoms with van der Waals surface area (Å²) in [5.41, 5.74) is 7.36. The SMILES string of the molecule is CCCN1c2cc(F)c(/C=N\Nc3ccccc3)cc2C(C)=CC1(C)C. The molecule has 136 valence electrons. The van der Waals surface area contributed by atoms with Gasteiger partial charge in [-0.25, -0.2) is 4.39 Å². The van der Waals surface area contributed by atoms with Gasteiger partial charge >= 0.3 is 0 Å². The van der Waals surface area contributed by atoms with E-state index in [4.69, 9.17) is 0 Å². The van der Waals surface area contributed by atoms with Crippen molar-refractivity contribution in [2.24, 2.45) is 5.10 Å². The molecule has 0 radical (unpaired) electrons. The third kappa shape index (κ3) is 3.64. The molecule has 1 aliphatic rings. The summed E-state index contributed by atoms with van der Waals surface area (Å²) in [4.78, 5) is 2.28. The Kier molecular flexibility index (Phi) is 5.12. The Morgan fingerprint density at radius 1 is 1.19 bits per heavy atom. The van der Waals surface area contributed by atoms with E-state index in [2.05, 4.69) is 49.2 Å². The van der Waals surface area contributed by atoms with Crippen LogP contribution in [0, 0.1) is 5.82 Å². The van der Waals surface area contributed by atoms with Crippen LogP contribution in [0.3, 0.4) is 0 Å². The van der Waals surface area contributed by atoms with Gasteiger partial charge in [0.25, 0.3) is 0 Å². The number of allylic oxidation sites excluding steroid dienone is 1. The maximum absolute atomic E-state index is 14.7. The Hall–Kier alpha value is -2.62. The van der Waals surface area contributed by atoms with Crippen molar-refractivity contribution in [2.45, 2.75) is 39.7 Å². The summed E-state index contributed by atoms with van der Waals surface area (Å²) < 4.78 is 14.7. The van der Waals surface area contributed by atoms with Gasteiger partial charge in [-0.3, -0.25) is 5.43 Å². The molecule has 0 amide bonds. The molecule has 0 unspecified atom stereocenters. The van der Waals surface area contributed by atoms with Gasteiger partial charge < -0.3 is 4.90 Å². The largest absolute Gasteiger partial charge is 0.362 e. The number of anilines is 2. The van der Waals surface area contributed by atoms with Crippen molar-refractivity contribution in [3.63, 3.8) is 0 Å². The van der Waals surface area contributed by atoms with E-state index < -0.39 is 0 Å². The van der Waals surface area contributed by atoms with Gasteiger partial charge in [-0.05, 0) is 57.0 Å². The molecule has 3 rings (SSSR count). The first-order valence-electron chi connectivity index (χ1n) is 9.07. The van der Waals surface area contributed by atoms with Crippen LogP contribution >= 0.6 is 0 Å². The quantitative estimate of drug-likeness (QED) is 0.554. The zero-order chi connectivity index (χ0) is 18.7. The molecule has 2 aromatic rings. The predicted molar refractivity (Wildman–Crippen MR) is 109 cm³/mol. The highest BCUT2D eigenvalue weighted by Gasteiger charge is 2.31. The highest BCUT2D eigenvalue weighted by Crippen LogP contribution is 2.39. The number of benzene rings is 2. The Morgan fingerprint density at radius 3 is 2.62 bits per heavy atom. The Labute approximate surface area is 155 Å². The van der Waals surface area contributed by atoms with E-state index >= 15 is 0 Å². The van der Waals surface area contributed by atoms with Crippen molar-refractivity contribution in [1.82, 2.24) is 0 Å². The van der Waals surface area contributed by atoms with Crippen LogP contribution < -0.4 is 10.3 Å². The van der Waals surface area contributed by atoms with Gasteiger partial charge in [0.15, 0.2) is 0 Å². The number of nitrogens with zero attached hydrogens (tertiary/aromatic N) is 2. The lowest BCUT2D eigenvalue weighted by Gasteiger charge is -2.43. The molecule has 0 bridgehead atoms. The van der Waals surface area contributed by atoms with Gasteiger partial charge in [0.2, 0.25) is 0 Å². The van der Waals surface area contributed by atoms with Gasteiger partial charge in [-0.2, -0.15) is 5.10 Å². The maximum Gasteiger partial charge on any atom is 0.134 e. The minimum Gasteiger partial charge on any atom is -0.362 e. The van der Waals surface area contributed by atoms with Gasteiger partial charge in [-0.1, -0.05) is 31.2 Å². The fourth-order valence-electron chi connectivity index (χ4n) is 3.53. The predicted octanol–water partition coefficient (Wildman–Crippen LogP) is 5.68. The molecule has 4 heteroatoms. The molecular weight excluding hydrogens is 325 g/mol. The van der Waals surface area contributed by atoms with Crippen molar-refractivity contribution in [3.8, 4) is 0 Å². The topological polar surface area (TPSA) is 27.6 Å². The van der Waals surface area contributed by atoms with Crippen LogP contribution in [-0.2, 0) is 0 Å². The monoisotopic (exact) mass is 351 g/mol. The smallest absolute Gasteiger partial charge is 0.134 e. The van der Waals surface area contributed by atoms with Crippen molar-refractivity contribution < 1.29 is 4.39 Å². The van der Waals surface area contributed by atoms with Gasteiger partial charge in [0.1, 0.15) is 5.82 Å². The standard InChI is InChI=1S/C22H26FN3/c1-5-11-26-21-13-20(23)17(12-19(21)16(2)14-22(26,3)4)15-24-25-18-9-7-6-8-10-18/h6-10,12-15,25H,5,11H2,1-4H3/b24-15-. The normalized spacial score (nSPS) is 15.7. The number of hydrazone groups is 1. The lowest BCUT2D eigenvalue weighted by atomic mass is 9.88. The molecule has 0 aliphatic carbocycles. The van der Waals surface area contributed by atoms with Crippen LogP contribution in [0.5, 0.6) is 0 Å². The van der Waals surface area contributed by atoms with Gasteiger partial charge in [0.05, 0.1) is 17.4 Å². The maximum atomic E-state index is 14.7. The first-order chi connectivity index (χ1) is 12.4. The molecule has 1 aliphatic heterocycles. The van der Waals surface area contributed by atoms with E-state index in [1.807, 2.05) is 36.4 Å². The summed E-state index contributed by atoms with van der Waals surface area (Å²) in [6.45, 7) is 9.48. The van der Waals surface area contributed by atoms with Crippen LogP contribution in [0.25, 0.3) is 5.57 Å². The zero-order valence-corrected chi connectivity index (χ0v) is 15.9. The molecule has 3 nitrogen and oxygen atoms in total. The second-order valence-electron chi connectivity index (χ2n) is 7.26. The minimum absolute atomic E-state index is 0.121. The second-order valence-corrected chi connectivity index (χ2v) is 7.26. The summed E-state index contributed by atoms with van der Waals surface area (Å²) in [7, 11) is 0. The number of nitrogens with one attached hydrogen (secondary N) is 1. The second kappa shape index (κ2) is 7.32. The summed E-state index contributed by atoms with van der Waals surface area (Å²) in [6, 6.07) is 13.2. The number of para-hydroxylation sites is 1. The summed E-state index contributed by atoms with van der Waals surface area (Å²) in [6.07, 6.45) is 4.81. The summed E-state index contributed by atoms with van der Waals surface area (Å²) >= 11 is 0. The molecule has 26 heavy (non-hydrogen) atoms. The highest BCUT2D eigenvalue weighted by atomic mass is 19.1. The average Bonchev–Trinajstić information content (AvgIpc) is 2.60. The van der Waals surface area contributed by atoms with E-state index in [1.165, 1.54) is 5.57 Å². The highest BCUT2D eigenvalue weighted by molar-refractivity contribution is 5.88. The van der Waals surface area contributed by atoms with Crippen LogP contribution in [0.1, 0.15) is 45.2 Å². The Balaban J connectivity index is 1.93. The van der Waals surface area contributed by atoms with Crippen LogP contribution in [0.4, 0.5) is 15.8 Å². The number of hydrogen-bond acceptors (Lipinski definition) is 3. The van der Waals surface area contributed by atoms with Gasteiger partial charge in [-0.15, -0.1) is 0 Å². The first-order valence-corrected chi connectivity index (χ1v) is 9.07. The third-order valence-corrected chi connectivity index (χ3v) is 4.71. The molecule has 0 aromatic heterocycles. The van der Waals surface area contributed by atoms with Crippen LogP contribution in [0.15, 0.2) is 53.6 Å². The Bertz CT molecular complexity index is 838. The van der Waals surface area contributed by atoms with Crippen molar-refractivity contribution >= 4 is 23.2 Å². The molecule has 0 atom stereocenters. The van der Waals surface area contributed by atoms with E-state index in [-0.39, 0.29) is 11.4 Å². The molecule has 0 spiro atoms. The average molecular weight is 351 g/mol. The molecule has 2 aromatic carbocycles. The molecule has 1 N–H and O–H groups in total. The minimum atomic E-state index is -0.256. The van der Waals surface area contributed by atoms with Gasteiger partial charge in [0, 0.05) is 23.4 Å². The summed E-state index contributed by atoms with van der Waals surface area (Å²) in [5.74, 6) is -0.256. The van der Waals surface area contributed by atoms with Crippen molar-refractivity contribution in [1.29, 1.82) is 0 Å². The lowest BCUT2D eigenvalue weighted by Crippen LogP contribution is -2.45. The van der Waals surface area contributed by atoms with Crippen molar-refractivity contribution in [2.75, 3.05) is 16.9 Å². The zero-order valence-electron chi connectivity index (χ0n) is 15.9. The molecular formula is C22H26FN3. The molecule has 0 saturated carbocycles. The fourth-order valence-corrected chi connectivity index (χ4v) is 3.53. The first kappa shape index (κ1) is 18.2. The van der Waals surface area contributed by atoms with Crippen LogP contribution in [-0.4, -0.2) is 18.3 Å². The molecule has 0 saturated heterocycles. The lowest BCUT2D eigenvalue weighted by molar-refractivity contribution is 0.546. The number of fused-ring (bicyclic) bond motifs is 1. The molecule has 1 heterocycles. The molecule has 0 fully saturated rings. The van der Waals surface area contributed by atoms with Crippen molar-refractivity contribution in [3.05, 3.63) is 65.5 Å². The fraction of sp³-hybridized carbons (Fsp3) is 0.318. The van der Waals surface area contributed by atoms with E-state index in [0.29, 0.717) is 5.56 Å². The number of halogens is 1. The third-order valence-electron chi connectivity index (χ3n) is 4.71. The Morgan fingerprint density at radius 2 is 1.92 bits per heavy atom. The van der Waals surface area contributed by atoms with E-state index in [1.54, 1.807) is 12.3 Å². The van der Waals surface area contributed by atoms with E-state index in [0.717, 1.165) is 29.9 Å². The number of rotatable bonds is 5. The van der Waals surface area contributed by atoms with E-state index in [9.17, 15) is 4.39 Å². The number of hydrogen-bond donors (Lipinski definition) is 1. The van der Waals surface area contributed by atoms with Crippen LogP contribution in [0.2, 0.25) is 0 Å². The summed E-state index contributed by atoms with van der Waals surface area (Å²) in [5, 5.41) is 4.18.